The van der Waals surface area contributed by atoms with Gasteiger partial charge in [0.05, 0.1) is 5.69 Å². The molecule has 49 heavy (non-hydrogen) atoms. The van der Waals surface area contributed by atoms with Crippen LogP contribution in [0, 0.1) is 13.8 Å². The molecule has 0 aliphatic carbocycles. The molecule has 0 aromatic heterocycles. The Hall–Kier alpha value is -6.18. The average Bonchev–Trinajstić information content (AvgIpc) is 3.16. The van der Waals surface area contributed by atoms with Crippen molar-refractivity contribution in [3.05, 3.63) is 199 Å². The molecule has 0 aliphatic heterocycles. The topological polar surface area (TPSA) is 3.24 Å². The molecule has 0 saturated heterocycles. The van der Waals surface area contributed by atoms with Crippen molar-refractivity contribution in [1.29, 1.82) is 0 Å². The van der Waals surface area contributed by atoms with Crippen LogP contribution in [0.15, 0.2) is 188 Å². The number of fused-ring (bicyclic) bond motifs is 1. The second-order valence-electron chi connectivity index (χ2n) is 12.8. The molecule has 0 atom stereocenters. The van der Waals surface area contributed by atoms with Gasteiger partial charge in [0.1, 0.15) is 0 Å². The Labute approximate surface area is 289 Å². The van der Waals surface area contributed by atoms with Crippen LogP contribution in [0.1, 0.15) is 11.1 Å². The quantitative estimate of drug-likeness (QED) is 0.170. The van der Waals surface area contributed by atoms with Gasteiger partial charge in [-0.2, -0.15) is 0 Å². The summed E-state index contributed by atoms with van der Waals surface area (Å²) in [6.45, 7) is 4.29. The van der Waals surface area contributed by atoms with Crippen molar-refractivity contribution in [1.82, 2.24) is 0 Å². The molecule has 0 radical (unpaired) electrons. The standard InChI is InChI=1S/C48H37N/c1-34-20-24-38(25-21-34)43-29-44(39-26-22-35(2)23-27-39)33-46(32-43)49(48-19-11-17-40-16-9-10-18-47(40)48)45-30-41(36-12-5-3-6-13-36)28-42(31-45)37-14-7-4-8-15-37/h3-33H,1-2H3. The highest BCUT2D eigenvalue weighted by atomic mass is 15.1. The largest absolute Gasteiger partial charge is 0.310 e. The lowest BCUT2D eigenvalue weighted by Gasteiger charge is -2.29. The van der Waals surface area contributed by atoms with Gasteiger partial charge in [-0.3, -0.25) is 0 Å². The number of aryl methyl sites for hydroxylation is 2. The van der Waals surface area contributed by atoms with E-state index in [0.717, 1.165) is 17.1 Å². The molecular formula is C48H37N. The summed E-state index contributed by atoms with van der Waals surface area (Å²) in [5.41, 5.74) is 15.3. The monoisotopic (exact) mass is 627 g/mol. The highest BCUT2D eigenvalue weighted by molar-refractivity contribution is 6.00. The van der Waals surface area contributed by atoms with E-state index in [4.69, 9.17) is 0 Å². The van der Waals surface area contributed by atoms with Crippen molar-refractivity contribution in [2.75, 3.05) is 4.90 Å². The number of anilines is 3. The van der Waals surface area contributed by atoms with E-state index in [1.165, 1.54) is 66.4 Å². The maximum absolute atomic E-state index is 2.45. The Bertz CT molecular complexity index is 2240. The first kappa shape index (κ1) is 30.2. The number of hydrogen-bond donors (Lipinski definition) is 0. The molecule has 0 unspecified atom stereocenters. The Kier molecular flexibility index (Phi) is 8.09. The van der Waals surface area contributed by atoms with Gasteiger partial charge in [-0.1, -0.05) is 157 Å². The summed E-state index contributed by atoms with van der Waals surface area (Å²) in [5.74, 6) is 0. The molecular weight excluding hydrogens is 591 g/mol. The lowest BCUT2D eigenvalue weighted by Crippen LogP contribution is -2.11. The second kappa shape index (κ2) is 13.1. The van der Waals surface area contributed by atoms with Gasteiger partial charge in [0.2, 0.25) is 0 Å². The lowest BCUT2D eigenvalue weighted by molar-refractivity contribution is 1.30. The summed E-state index contributed by atoms with van der Waals surface area (Å²) in [7, 11) is 0. The SMILES string of the molecule is Cc1ccc(-c2cc(-c3ccc(C)cc3)cc(N(c3cc(-c4ccccc4)cc(-c4ccccc4)c3)c3cccc4ccccc34)c2)cc1. The summed E-state index contributed by atoms with van der Waals surface area (Å²) < 4.78 is 0. The Morgan fingerprint density at radius 1 is 0.306 bits per heavy atom. The fourth-order valence-electron chi connectivity index (χ4n) is 6.73. The Morgan fingerprint density at radius 3 is 1.16 bits per heavy atom. The third-order valence-corrected chi connectivity index (χ3v) is 9.34. The molecule has 0 N–H and O–H groups in total. The molecule has 1 nitrogen and oxygen atoms in total. The highest BCUT2D eigenvalue weighted by Crippen LogP contribution is 2.44. The van der Waals surface area contributed by atoms with Gasteiger partial charge >= 0.3 is 0 Å². The van der Waals surface area contributed by atoms with Gasteiger partial charge in [-0.05, 0) is 106 Å². The third-order valence-electron chi connectivity index (χ3n) is 9.34. The highest BCUT2D eigenvalue weighted by Gasteiger charge is 2.20. The van der Waals surface area contributed by atoms with Crippen LogP contribution in [-0.2, 0) is 0 Å². The van der Waals surface area contributed by atoms with Crippen molar-refractivity contribution in [2.45, 2.75) is 13.8 Å². The van der Waals surface area contributed by atoms with E-state index < -0.39 is 0 Å². The fraction of sp³-hybridized carbons (Fsp3) is 0.0417. The average molecular weight is 628 g/mol. The van der Waals surface area contributed by atoms with Crippen molar-refractivity contribution in [3.63, 3.8) is 0 Å². The summed E-state index contributed by atoms with van der Waals surface area (Å²) >= 11 is 0. The van der Waals surface area contributed by atoms with E-state index in [1.807, 2.05) is 0 Å². The molecule has 8 rings (SSSR count). The first-order valence-electron chi connectivity index (χ1n) is 16.9. The van der Waals surface area contributed by atoms with E-state index >= 15 is 0 Å². The van der Waals surface area contributed by atoms with Crippen molar-refractivity contribution in [3.8, 4) is 44.5 Å². The summed E-state index contributed by atoms with van der Waals surface area (Å²) in [6, 6.07) is 68.5. The van der Waals surface area contributed by atoms with Gasteiger partial charge in [0.15, 0.2) is 0 Å². The van der Waals surface area contributed by atoms with E-state index in [2.05, 4.69) is 207 Å². The van der Waals surface area contributed by atoms with E-state index in [9.17, 15) is 0 Å². The number of nitrogens with zero attached hydrogens (tertiary/aromatic N) is 1. The van der Waals surface area contributed by atoms with Gasteiger partial charge < -0.3 is 4.90 Å². The molecule has 0 saturated carbocycles. The van der Waals surface area contributed by atoms with E-state index in [-0.39, 0.29) is 0 Å². The van der Waals surface area contributed by atoms with E-state index in [0.29, 0.717) is 0 Å². The van der Waals surface area contributed by atoms with Crippen molar-refractivity contribution in [2.24, 2.45) is 0 Å². The Morgan fingerprint density at radius 2 is 0.694 bits per heavy atom. The first-order valence-corrected chi connectivity index (χ1v) is 16.9. The zero-order valence-electron chi connectivity index (χ0n) is 27.8. The maximum atomic E-state index is 2.45. The minimum absolute atomic E-state index is 1.10. The maximum Gasteiger partial charge on any atom is 0.0540 e. The van der Waals surface area contributed by atoms with Crippen LogP contribution in [0.4, 0.5) is 17.1 Å². The van der Waals surface area contributed by atoms with E-state index in [1.54, 1.807) is 0 Å². The zero-order chi connectivity index (χ0) is 33.2. The molecule has 0 fully saturated rings. The molecule has 234 valence electrons. The third kappa shape index (κ3) is 6.27. The molecule has 8 aromatic rings. The summed E-state index contributed by atoms with van der Waals surface area (Å²) in [5, 5.41) is 2.41. The molecule has 0 heterocycles. The van der Waals surface area contributed by atoms with Crippen LogP contribution in [-0.4, -0.2) is 0 Å². The molecule has 0 amide bonds. The van der Waals surface area contributed by atoms with Crippen molar-refractivity contribution >= 4 is 27.8 Å². The molecule has 0 spiro atoms. The molecule has 0 bridgehead atoms. The van der Waals surface area contributed by atoms with Gasteiger partial charge in [-0.25, -0.2) is 0 Å². The lowest BCUT2D eigenvalue weighted by atomic mass is 9.95. The number of benzene rings is 8. The normalized spacial score (nSPS) is 11.1. The smallest absolute Gasteiger partial charge is 0.0540 e. The summed E-state index contributed by atoms with van der Waals surface area (Å²) in [6.07, 6.45) is 0. The van der Waals surface area contributed by atoms with Crippen LogP contribution >= 0.6 is 0 Å². The zero-order valence-corrected chi connectivity index (χ0v) is 27.8. The molecule has 0 aliphatic rings. The predicted octanol–water partition coefficient (Wildman–Crippen LogP) is 13.6. The van der Waals surface area contributed by atoms with Gasteiger partial charge in [-0.15, -0.1) is 0 Å². The summed E-state index contributed by atoms with van der Waals surface area (Å²) in [4.78, 5) is 2.45. The fourth-order valence-corrected chi connectivity index (χ4v) is 6.73. The minimum atomic E-state index is 1.10. The number of hydrogen-bond acceptors (Lipinski definition) is 1. The molecule has 8 aromatic carbocycles. The second-order valence-corrected chi connectivity index (χ2v) is 12.8. The predicted molar refractivity (Wildman–Crippen MR) is 210 cm³/mol. The Balaban J connectivity index is 1.44. The van der Waals surface area contributed by atoms with Crippen molar-refractivity contribution < 1.29 is 0 Å². The van der Waals surface area contributed by atoms with Gasteiger partial charge in [0, 0.05) is 16.8 Å². The van der Waals surface area contributed by atoms with Gasteiger partial charge in [0.25, 0.3) is 0 Å². The van der Waals surface area contributed by atoms with Crippen LogP contribution in [0.3, 0.4) is 0 Å². The first-order chi connectivity index (χ1) is 24.1. The van der Waals surface area contributed by atoms with Crippen LogP contribution in [0.5, 0.6) is 0 Å². The molecule has 1 heteroatoms. The van der Waals surface area contributed by atoms with Crippen LogP contribution in [0.25, 0.3) is 55.3 Å². The van der Waals surface area contributed by atoms with Crippen LogP contribution in [0.2, 0.25) is 0 Å². The van der Waals surface area contributed by atoms with Crippen LogP contribution < -0.4 is 4.90 Å². The minimum Gasteiger partial charge on any atom is -0.310 e. The number of rotatable bonds is 7.